The smallest absolute Gasteiger partial charge is 0.383 e. The van der Waals surface area contributed by atoms with Crippen LogP contribution in [0, 0.1) is 0 Å². The van der Waals surface area contributed by atoms with Gasteiger partial charge < -0.3 is 5.32 Å². The van der Waals surface area contributed by atoms with Crippen LogP contribution in [0.1, 0.15) is 46.0 Å². The van der Waals surface area contributed by atoms with Crippen molar-refractivity contribution in [2.75, 3.05) is 5.32 Å². The number of halogens is 3. The second kappa shape index (κ2) is 8.45. The van der Waals surface area contributed by atoms with Gasteiger partial charge in [0.1, 0.15) is 0 Å². The summed E-state index contributed by atoms with van der Waals surface area (Å²) in [6.45, 7) is 4.28. The maximum absolute atomic E-state index is 12.2. The number of hydrogen-bond acceptors (Lipinski definition) is 2. The van der Waals surface area contributed by atoms with Gasteiger partial charge in [0.2, 0.25) is 0 Å². The molecule has 1 rings (SSSR count). The molecule has 1 nitrogen and oxygen atoms in total. The zero-order valence-electron chi connectivity index (χ0n) is 12.0. The summed E-state index contributed by atoms with van der Waals surface area (Å²) in [4.78, 5) is 0.221. The summed E-state index contributed by atoms with van der Waals surface area (Å²) in [5.41, 5.74) is -3.35. The van der Waals surface area contributed by atoms with E-state index in [0.717, 1.165) is 12.1 Å². The molecule has 0 saturated carbocycles. The zero-order valence-corrected chi connectivity index (χ0v) is 12.8. The van der Waals surface area contributed by atoms with Gasteiger partial charge in [-0.05, 0) is 49.4 Å². The van der Waals surface area contributed by atoms with E-state index in [1.165, 1.54) is 37.8 Å². The van der Waals surface area contributed by atoms with Gasteiger partial charge in [0, 0.05) is 16.6 Å². The van der Waals surface area contributed by atoms with E-state index >= 15 is 0 Å². The lowest BCUT2D eigenvalue weighted by molar-refractivity contribution is -0.0328. The van der Waals surface area contributed by atoms with Crippen LogP contribution in [0.3, 0.4) is 0 Å². The number of hydrogen-bond donors (Lipinski definition) is 1. The van der Waals surface area contributed by atoms with Crippen molar-refractivity contribution in [3.8, 4) is 0 Å². The second-order valence-electron chi connectivity index (χ2n) is 4.97. The first kappa shape index (κ1) is 17.2. The summed E-state index contributed by atoms with van der Waals surface area (Å²) in [5.74, 6) is 0. The van der Waals surface area contributed by atoms with E-state index in [1.807, 2.05) is 0 Å². The van der Waals surface area contributed by atoms with Crippen LogP contribution >= 0.6 is 11.8 Å². The van der Waals surface area contributed by atoms with Crippen molar-refractivity contribution in [2.45, 2.75) is 62.4 Å². The molecule has 1 unspecified atom stereocenters. The molecule has 0 aliphatic rings. The molecule has 114 valence electrons. The molecule has 0 fully saturated rings. The van der Waals surface area contributed by atoms with Gasteiger partial charge in [0.15, 0.2) is 0 Å². The third kappa shape index (κ3) is 7.68. The van der Waals surface area contributed by atoms with Crippen LogP contribution in [0.25, 0.3) is 0 Å². The largest absolute Gasteiger partial charge is 0.446 e. The first-order valence-corrected chi connectivity index (χ1v) is 7.84. The van der Waals surface area contributed by atoms with Crippen molar-refractivity contribution >= 4 is 17.4 Å². The SMILES string of the molecule is CCCCCCC(C)Nc1ccc(SC(F)(F)F)cc1. The second-order valence-corrected chi connectivity index (χ2v) is 6.11. The Bertz CT molecular complexity index is 376. The summed E-state index contributed by atoms with van der Waals surface area (Å²) >= 11 is -0.0801. The molecule has 0 heterocycles. The molecule has 0 aliphatic heterocycles. The molecule has 0 amide bonds. The number of unbranched alkanes of at least 4 members (excludes halogenated alkanes) is 3. The van der Waals surface area contributed by atoms with Crippen LogP contribution < -0.4 is 5.32 Å². The lowest BCUT2D eigenvalue weighted by Crippen LogP contribution is -2.14. The van der Waals surface area contributed by atoms with Crippen molar-refractivity contribution in [1.29, 1.82) is 0 Å². The van der Waals surface area contributed by atoms with E-state index in [0.29, 0.717) is 6.04 Å². The molecule has 0 bridgehead atoms. The summed E-state index contributed by atoms with van der Waals surface area (Å²) in [7, 11) is 0. The molecule has 5 heteroatoms. The van der Waals surface area contributed by atoms with Gasteiger partial charge in [-0.25, -0.2) is 0 Å². The summed E-state index contributed by atoms with van der Waals surface area (Å²) in [5, 5.41) is 3.32. The summed E-state index contributed by atoms with van der Waals surface area (Å²) < 4.78 is 36.6. The summed E-state index contributed by atoms with van der Waals surface area (Å²) in [6.07, 6.45) is 5.99. The van der Waals surface area contributed by atoms with Gasteiger partial charge in [-0.15, -0.1) is 0 Å². The lowest BCUT2D eigenvalue weighted by atomic mass is 10.1. The molecule has 0 aliphatic carbocycles. The van der Waals surface area contributed by atoms with E-state index in [4.69, 9.17) is 0 Å². The van der Waals surface area contributed by atoms with Crippen LogP contribution in [0.4, 0.5) is 18.9 Å². The first-order valence-electron chi connectivity index (χ1n) is 7.03. The van der Waals surface area contributed by atoms with E-state index in [1.54, 1.807) is 12.1 Å². The van der Waals surface area contributed by atoms with Gasteiger partial charge in [-0.2, -0.15) is 13.2 Å². The number of anilines is 1. The fraction of sp³-hybridized carbons (Fsp3) is 0.600. The van der Waals surface area contributed by atoms with Gasteiger partial charge >= 0.3 is 5.51 Å². The molecule has 1 aromatic rings. The highest BCUT2D eigenvalue weighted by atomic mass is 32.2. The fourth-order valence-electron chi connectivity index (χ4n) is 1.99. The lowest BCUT2D eigenvalue weighted by Gasteiger charge is -2.15. The number of alkyl halides is 3. The molecule has 1 N–H and O–H groups in total. The molecule has 1 atom stereocenters. The normalized spacial score (nSPS) is 13.2. The molecule has 0 saturated heterocycles. The summed E-state index contributed by atoms with van der Waals surface area (Å²) in [6, 6.07) is 6.76. The molecular weight excluding hydrogens is 283 g/mol. The van der Waals surface area contributed by atoms with Crippen molar-refractivity contribution in [3.05, 3.63) is 24.3 Å². The third-order valence-electron chi connectivity index (χ3n) is 2.99. The van der Waals surface area contributed by atoms with Gasteiger partial charge in [0.05, 0.1) is 0 Å². The topological polar surface area (TPSA) is 12.0 Å². The molecular formula is C15H22F3NS. The Morgan fingerprint density at radius 2 is 1.75 bits per heavy atom. The number of rotatable bonds is 8. The standard InChI is InChI=1S/C15H22F3NS/c1-3-4-5-6-7-12(2)19-13-8-10-14(11-9-13)20-15(16,17)18/h8-12,19H,3-7H2,1-2H3. The Hall–Kier alpha value is -0.840. The Kier molecular flexibility index (Phi) is 7.27. The molecule has 0 radical (unpaired) electrons. The quantitative estimate of drug-likeness (QED) is 0.462. The predicted octanol–water partition coefficient (Wildman–Crippen LogP) is 6.07. The van der Waals surface area contributed by atoms with Gasteiger partial charge in [-0.3, -0.25) is 0 Å². The maximum Gasteiger partial charge on any atom is 0.446 e. The average molecular weight is 305 g/mol. The predicted molar refractivity (Wildman–Crippen MR) is 80.2 cm³/mol. The van der Waals surface area contributed by atoms with Crippen molar-refractivity contribution in [2.24, 2.45) is 0 Å². The van der Waals surface area contributed by atoms with Crippen LogP contribution in [-0.4, -0.2) is 11.6 Å². The Balaban J connectivity index is 2.37. The number of thioether (sulfide) groups is 1. The highest BCUT2D eigenvalue weighted by Crippen LogP contribution is 2.37. The molecule has 0 spiro atoms. The zero-order chi connectivity index (χ0) is 15.0. The third-order valence-corrected chi connectivity index (χ3v) is 3.73. The minimum Gasteiger partial charge on any atom is -0.383 e. The van der Waals surface area contributed by atoms with E-state index in [9.17, 15) is 13.2 Å². The first-order chi connectivity index (χ1) is 9.40. The van der Waals surface area contributed by atoms with Crippen molar-refractivity contribution in [1.82, 2.24) is 0 Å². The van der Waals surface area contributed by atoms with Crippen LogP contribution in [-0.2, 0) is 0 Å². The van der Waals surface area contributed by atoms with Crippen LogP contribution in [0.2, 0.25) is 0 Å². The minimum absolute atomic E-state index is 0.0801. The van der Waals surface area contributed by atoms with E-state index in [2.05, 4.69) is 19.2 Å². The number of benzene rings is 1. The van der Waals surface area contributed by atoms with Gasteiger partial charge in [0.25, 0.3) is 0 Å². The average Bonchev–Trinajstić information content (AvgIpc) is 2.35. The van der Waals surface area contributed by atoms with E-state index in [-0.39, 0.29) is 16.7 Å². The maximum atomic E-state index is 12.2. The Morgan fingerprint density at radius 3 is 2.30 bits per heavy atom. The van der Waals surface area contributed by atoms with Crippen molar-refractivity contribution < 1.29 is 13.2 Å². The Labute approximate surface area is 123 Å². The fourth-order valence-corrected chi connectivity index (χ4v) is 2.53. The Morgan fingerprint density at radius 1 is 1.10 bits per heavy atom. The molecule has 20 heavy (non-hydrogen) atoms. The monoisotopic (exact) mass is 305 g/mol. The minimum atomic E-state index is -4.22. The molecule has 1 aromatic carbocycles. The molecule has 0 aromatic heterocycles. The highest BCUT2D eigenvalue weighted by Gasteiger charge is 2.28. The van der Waals surface area contributed by atoms with Crippen LogP contribution in [0.15, 0.2) is 29.2 Å². The van der Waals surface area contributed by atoms with Crippen molar-refractivity contribution in [3.63, 3.8) is 0 Å². The highest BCUT2D eigenvalue weighted by molar-refractivity contribution is 8.00. The number of nitrogens with one attached hydrogen (secondary N) is 1. The van der Waals surface area contributed by atoms with E-state index < -0.39 is 5.51 Å². The van der Waals surface area contributed by atoms with Gasteiger partial charge in [-0.1, -0.05) is 32.6 Å². The van der Waals surface area contributed by atoms with Crippen LogP contribution in [0.5, 0.6) is 0 Å².